The molecule has 2 rings (SSSR count). The van der Waals surface area contributed by atoms with E-state index in [1.807, 2.05) is 24.3 Å². The molecular formula is C20H25FN2O5. The molecule has 0 bridgehead atoms. The molecule has 152 valence electrons. The molecule has 1 aliphatic rings. The number of ketones is 1. The van der Waals surface area contributed by atoms with E-state index >= 15 is 0 Å². The number of benzene rings is 1. The molecule has 0 aliphatic carbocycles. The van der Waals surface area contributed by atoms with Crippen LogP contribution in [0.4, 0.5) is 10.1 Å². The van der Waals surface area contributed by atoms with Crippen molar-refractivity contribution in [2.24, 2.45) is 11.8 Å². The van der Waals surface area contributed by atoms with Crippen LogP contribution < -0.4 is 10.2 Å². The lowest BCUT2D eigenvalue weighted by Gasteiger charge is -2.25. The molecule has 1 aromatic rings. The largest absolute Gasteiger partial charge is 0.481 e. The fraction of sp³-hybridized carbons (Fsp3) is 0.500. The number of halogens is 1. The highest BCUT2D eigenvalue weighted by Gasteiger charge is 2.33. The van der Waals surface area contributed by atoms with Crippen molar-refractivity contribution in [2.45, 2.75) is 39.2 Å². The Morgan fingerprint density at radius 1 is 1.18 bits per heavy atom. The number of nitrogens with zero attached hydrogens (tertiary/aromatic N) is 1. The van der Waals surface area contributed by atoms with E-state index in [1.165, 1.54) is 0 Å². The average Bonchev–Trinajstić information content (AvgIpc) is 3.08. The summed E-state index contributed by atoms with van der Waals surface area (Å²) in [5, 5.41) is 11.2. The zero-order chi connectivity index (χ0) is 20.8. The Morgan fingerprint density at radius 3 is 2.46 bits per heavy atom. The van der Waals surface area contributed by atoms with Gasteiger partial charge in [-0.2, -0.15) is 0 Å². The molecule has 0 fully saturated rings. The van der Waals surface area contributed by atoms with Gasteiger partial charge in [-0.05, 0) is 24.0 Å². The molecule has 0 radical (unpaired) electrons. The first-order chi connectivity index (χ1) is 13.2. The van der Waals surface area contributed by atoms with Crippen LogP contribution in [0.3, 0.4) is 0 Å². The SMILES string of the molecule is CC(C)C(CC(=O)N1CCc2ccccc21)C(=O)NC(CC(=O)O)C(=O)CF. The zero-order valence-corrected chi connectivity index (χ0v) is 16.0. The fourth-order valence-corrected chi connectivity index (χ4v) is 3.32. The third-order valence-electron chi connectivity index (χ3n) is 4.94. The van der Waals surface area contributed by atoms with E-state index in [1.54, 1.807) is 18.7 Å². The number of anilines is 1. The second kappa shape index (κ2) is 9.43. The van der Waals surface area contributed by atoms with Gasteiger partial charge >= 0.3 is 5.97 Å². The zero-order valence-electron chi connectivity index (χ0n) is 16.0. The maximum absolute atomic E-state index is 12.8. The number of amides is 2. The van der Waals surface area contributed by atoms with Gasteiger partial charge in [0.05, 0.1) is 6.42 Å². The van der Waals surface area contributed by atoms with Gasteiger partial charge in [0.2, 0.25) is 11.8 Å². The second-order valence-corrected chi connectivity index (χ2v) is 7.24. The quantitative estimate of drug-likeness (QED) is 0.666. The molecule has 2 N–H and O–H groups in total. The van der Waals surface area contributed by atoms with Crippen molar-refractivity contribution in [1.29, 1.82) is 0 Å². The minimum absolute atomic E-state index is 0.0819. The van der Waals surface area contributed by atoms with Crippen LogP contribution in [0.25, 0.3) is 0 Å². The van der Waals surface area contributed by atoms with Crippen molar-refractivity contribution in [1.82, 2.24) is 5.32 Å². The van der Waals surface area contributed by atoms with Crippen molar-refractivity contribution >= 4 is 29.3 Å². The molecule has 28 heavy (non-hydrogen) atoms. The van der Waals surface area contributed by atoms with Crippen molar-refractivity contribution < 1.29 is 28.7 Å². The highest BCUT2D eigenvalue weighted by atomic mass is 19.1. The summed E-state index contributed by atoms with van der Waals surface area (Å²) >= 11 is 0. The number of carboxylic acids is 1. The van der Waals surface area contributed by atoms with Crippen LogP contribution in [-0.2, 0) is 25.6 Å². The summed E-state index contributed by atoms with van der Waals surface area (Å²) in [6.45, 7) is 2.69. The van der Waals surface area contributed by atoms with Gasteiger partial charge < -0.3 is 15.3 Å². The molecule has 0 spiro atoms. The van der Waals surface area contributed by atoms with Gasteiger partial charge in [0, 0.05) is 24.6 Å². The lowest BCUT2D eigenvalue weighted by Crippen LogP contribution is -2.47. The molecule has 2 atom stereocenters. The van der Waals surface area contributed by atoms with Gasteiger partial charge in [0.15, 0.2) is 5.78 Å². The number of Topliss-reactive ketones (excluding diaryl/α,β-unsaturated/α-hetero) is 1. The smallest absolute Gasteiger partial charge is 0.305 e. The first kappa shape index (κ1) is 21.5. The molecule has 0 aromatic heterocycles. The highest BCUT2D eigenvalue weighted by molar-refractivity contribution is 5.99. The number of para-hydroxylation sites is 1. The minimum Gasteiger partial charge on any atom is -0.481 e. The lowest BCUT2D eigenvalue weighted by atomic mass is 9.90. The lowest BCUT2D eigenvalue weighted by molar-refractivity contribution is -0.141. The standard InChI is InChI=1S/C20H25FN2O5/c1-12(2)14(20(28)22-15(10-19(26)27)17(24)11-21)9-18(25)23-8-7-13-5-3-4-6-16(13)23/h3-6,12,14-15H,7-11H2,1-2H3,(H,22,28)(H,26,27). The van der Waals surface area contributed by atoms with E-state index in [0.717, 1.165) is 17.7 Å². The van der Waals surface area contributed by atoms with Crippen LogP contribution in [0.15, 0.2) is 24.3 Å². The van der Waals surface area contributed by atoms with Gasteiger partial charge in [-0.25, -0.2) is 4.39 Å². The van der Waals surface area contributed by atoms with Gasteiger partial charge in [0.25, 0.3) is 0 Å². The summed E-state index contributed by atoms with van der Waals surface area (Å²) < 4.78 is 12.7. The van der Waals surface area contributed by atoms with E-state index in [-0.39, 0.29) is 18.2 Å². The first-order valence-corrected chi connectivity index (χ1v) is 9.23. The Kier molecular flexibility index (Phi) is 7.25. The number of rotatable bonds is 9. The van der Waals surface area contributed by atoms with Crippen LogP contribution in [0.5, 0.6) is 0 Å². The maximum atomic E-state index is 12.8. The number of aliphatic carboxylic acids is 1. The summed E-state index contributed by atoms with van der Waals surface area (Å²) in [5.41, 5.74) is 1.89. The topological polar surface area (TPSA) is 104 Å². The van der Waals surface area contributed by atoms with Crippen LogP contribution >= 0.6 is 0 Å². The summed E-state index contributed by atoms with van der Waals surface area (Å²) in [5.74, 6) is -4.15. The Labute approximate surface area is 162 Å². The summed E-state index contributed by atoms with van der Waals surface area (Å²) in [7, 11) is 0. The van der Waals surface area contributed by atoms with E-state index in [2.05, 4.69) is 5.32 Å². The monoisotopic (exact) mass is 392 g/mol. The van der Waals surface area contributed by atoms with Crippen molar-refractivity contribution in [3.8, 4) is 0 Å². The molecule has 7 nitrogen and oxygen atoms in total. The summed E-state index contributed by atoms with van der Waals surface area (Å²) in [6, 6.07) is 6.11. The van der Waals surface area contributed by atoms with Gasteiger partial charge in [-0.15, -0.1) is 0 Å². The molecule has 0 saturated carbocycles. The highest BCUT2D eigenvalue weighted by Crippen LogP contribution is 2.29. The number of hydrogen-bond acceptors (Lipinski definition) is 4. The third kappa shape index (κ3) is 5.15. The minimum atomic E-state index is -1.45. The number of fused-ring (bicyclic) bond motifs is 1. The predicted molar refractivity (Wildman–Crippen MR) is 101 cm³/mol. The number of hydrogen-bond donors (Lipinski definition) is 2. The molecule has 1 heterocycles. The number of carboxylic acid groups (broad SMARTS) is 1. The Bertz CT molecular complexity index is 765. The summed E-state index contributed by atoms with van der Waals surface area (Å²) in [6.07, 6.45) is -0.0413. The average molecular weight is 392 g/mol. The molecule has 8 heteroatoms. The molecule has 2 amide bonds. The maximum Gasteiger partial charge on any atom is 0.305 e. The molecule has 1 aliphatic heterocycles. The van der Waals surface area contributed by atoms with E-state index < -0.39 is 42.7 Å². The second-order valence-electron chi connectivity index (χ2n) is 7.24. The molecule has 2 unspecified atom stereocenters. The van der Waals surface area contributed by atoms with Gasteiger partial charge in [0.1, 0.15) is 12.7 Å². The molecular weight excluding hydrogens is 367 g/mol. The Hall–Kier alpha value is -2.77. The van der Waals surface area contributed by atoms with Crippen LogP contribution in [0, 0.1) is 11.8 Å². The predicted octanol–water partition coefficient (Wildman–Crippen LogP) is 1.74. The Balaban J connectivity index is 2.10. The molecule has 1 aromatic carbocycles. The van der Waals surface area contributed by atoms with Crippen molar-refractivity contribution in [3.05, 3.63) is 29.8 Å². The fourth-order valence-electron chi connectivity index (χ4n) is 3.32. The van der Waals surface area contributed by atoms with Crippen molar-refractivity contribution in [2.75, 3.05) is 18.1 Å². The first-order valence-electron chi connectivity index (χ1n) is 9.23. The van der Waals surface area contributed by atoms with E-state index in [0.29, 0.717) is 6.54 Å². The number of alkyl halides is 1. The van der Waals surface area contributed by atoms with Crippen LogP contribution in [0.2, 0.25) is 0 Å². The third-order valence-corrected chi connectivity index (χ3v) is 4.94. The number of carbonyl (C=O) groups is 4. The number of nitrogens with one attached hydrogen (secondary N) is 1. The summed E-state index contributed by atoms with van der Waals surface area (Å²) in [4.78, 5) is 49.6. The number of carbonyl (C=O) groups excluding carboxylic acids is 3. The van der Waals surface area contributed by atoms with Gasteiger partial charge in [-0.3, -0.25) is 19.2 Å². The van der Waals surface area contributed by atoms with E-state index in [9.17, 15) is 23.6 Å². The van der Waals surface area contributed by atoms with Gasteiger partial charge in [-0.1, -0.05) is 32.0 Å². The normalized spacial score (nSPS) is 15.1. The molecule has 0 saturated heterocycles. The van der Waals surface area contributed by atoms with E-state index in [4.69, 9.17) is 5.11 Å². The Morgan fingerprint density at radius 2 is 1.86 bits per heavy atom. The van der Waals surface area contributed by atoms with Crippen LogP contribution in [0.1, 0.15) is 32.3 Å². The van der Waals surface area contributed by atoms with Crippen molar-refractivity contribution in [3.63, 3.8) is 0 Å². The van der Waals surface area contributed by atoms with Crippen LogP contribution in [-0.4, -0.2) is 47.9 Å².